The molecule has 1 radical (unpaired) electrons. The molecule has 0 aliphatic carbocycles. The minimum Gasteiger partial charge on any atom is -0.300 e. The molecule has 1 aromatic carbocycles. The van der Waals surface area contributed by atoms with Gasteiger partial charge in [-0.15, -0.1) is 0 Å². The molecule has 0 fully saturated rings. The van der Waals surface area contributed by atoms with E-state index in [2.05, 4.69) is 12.1 Å². The molecule has 0 bridgehead atoms. The molecule has 63 valence electrons. The summed E-state index contributed by atoms with van der Waals surface area (Å²) in [6, 6.07) is 9.06. The predicted octanol–water partition coefficient (Wildman–Crippen LogP) is 2.32. The molecule has 1 rings (SSSR count). The molecule has 0 atom stereocenters. The van der Waals surface area contributed by atoms with E-state index in [9.17, 15) is 4.79 Å². The zero-order valence-electron chi connectivity index (χ0n) is 7.55. The molecule has 1 heteroatoms. The highest BCUT2D eigenvalue weighted by Gasteiger charge is 1.96. The molecule has 1 aromatic rings. The first kappa shape index (κ1) is 8.98. The lowest BCUT2D eigenvalue weighted by Gasteiger charge is -1.99. The van der Waals surface area contributed by atoms with Crippen LogP contribution in [0.4, 0.5) is 0 Å². The average Bonchev–Trinajstić information content (AvgIpc) is 2.01. The van der Waals surface area contributed by atoms with Gasteiger partial charge in [-0.05, 0) is 37.5 Å². The maximum absolute atomic E-state index is 10.7. The zero-order valence-corrected chi connectivity index (χ0v) is 7.55. The van der Waals surface area contributed by atoms with Crippen LogP contribution in [0.1, 0.15) is 24.5 Å². The van der Waals surface area contributed by atoms with Gasteiger partial charge in [-0.2, -0.15) is 0 Å². The quantitative estimate of drug-likeness (QED) is 0.665. The van der Waals surface area contributed by atoms with Gasteiger partial charge in [-0.25, -0.2) is 0 Å². The zero-order chi connectivity index (χ0) is 8.97. The highest BCUT2D eigenvalue weighted by Crippen LogP contribution is 2.05. The van der Waals surface area contributed by atoms with E-state index in [1.54, 1.807) is 6.92 Å². The molecule has 0 aliphatic rings. The van der Waals surface area contributed by atoms with Gasteiger partial charge < -0.3 is 4.79 Å². The summed E-state index contributed by atoms with van der Waals surface area (Å²) in [6.07, 6.45) is 1.49. The molecule has 0 amide bonds. The molecule has 0 spiro atoms. The number of benzene rings is 1. The van der Waals surface area contributed by atoms with Gasteiger partial charge in [0.25, 0.3) is 0 Å². The molecule has 12 heavy (non-hydrogen) atoms. The van der Waals surface area contributed by atoms with Crippen molar-refractivity contribution < 1.29 is 4.79 Å². The van der Waals surface area contributed by atoms with Gasteiger partial charge in [0.05, 0.1) is 0 Å². The average molecular weight is 161 g/mol. The third-order valence-electron chi connectivity index (χ3n) is 1.78. The summed E-state index contributed by atoms with van der Waals surface area (Å²) in [5.41, 5.74) is 2.36. The fourth-order valence-corrected chi connectivity index (χ4v) is 1.12. The van der Waals surface area contributed by atoms with Gasteiger partial charge in [0.2, 0.25) is 0 Å². The summed E-state index contributed by atoms with van der Waals surface area (Å²) in [5.74, 6) is 0.250. The monoisotopic (exact) mass is 161 g/mol. The molecular formula is C11H13O. The Morgan fingerprint density at radius 1 is 1.58 bits per heavy atom. The number of hydrogen-bond acceptors (Lipinski definition) is 1. The predicted molar refractivity (Wildman–Crippen MR) is 49.0 cm³/mol. The van der Waals surface area contributed by atoms with Gasteiger partial charge in [-0.3, -0.25) is 0 Å². The number of Topliss-reactive ketones (excluding diaryl/α,β-unsaturated/α-hetero) is 1. The van der Waals surface area contributed by atoms with Crippen molar-refractivity contribution in [3.8, 4) is 0 Å². The lowest BCUT2D eigenvalue weighted by molar-refractivity contribution is -0.116. The minimum atomic E-state index is 0.250. The number of hydrogen-bond donors (Lipinski definition) is 0. The Kier molecular flexibility index (Phi) is 3.03. The third-order valence-corrected chi connectivity index (χ3v) is 1.78. The van der Waals surface area contributed by atoms with Gasteiger partial charge >= 0.3 is 0 Å². The van der Waals surface area contributed by atoms with Crippen LogP contribution in [0.5, 0.6) is 0 Å². The second-order valence-corrected chi connectivity index (χ2v) is 3.08. The molecule has 0 aromatic heterocycles. The van der Waals surface area contributed by atoms with E-state index >= 15 is 0 Å². The molecule has 1 nitrogen and oxygen atoms in total. The van der Waals surface area contributed by atoms with Gasteiger partial charge in [0.15, 0.2) is 0 Å². The molecule has 0 heterocycles. The van der Waals surface area contributed by atoms with E-state index in [1.807, 2.05) is 19.1 Å². The maximum Gasteiger partial charge on any atom is 0.130 e. The topological polar surface area (TPSA) is 17.1 Å². The minimum absolute atomic E-state index is 0.250. The van der Waals surface area contributed by atoms with Crippen molar-refractivity contribution in [3.63, 3.8) is 0 Å². The molecule has 0 aliphatic heterocycles. The second-order valence-electron chi connectivity index (χ2n) is 3.08. The van der Waals surface area contributed by atoms with Crippen molar-refractivity contribution in [2.45, 2.75) is 26.7 Å². The molecular weight excluding hydrogens is 148 g/mol. The van der Waals surface area contributed by atoms with E-state index in [0.717, 1.165) is 12.0 Å². The second kappa shape index (κ2) is 4.05. The van der Waals surface area contributed by atoms with E-state index in [-0.39, 0.29) is 5.78 Å². The SMILES string of the molecule is CC(=O)CCc1cc[c]c(C)c1. The van der Waals surface area contributed by atoms with Gasteiger partial charge in [0.1, 0.15) is 5.78 Å². The fourth-order valence-electron chi connectivity index (χ4n) is 1.12. The molecule has 0 N–H and O–H groups in total. The van der Waals surface area contributed by atoms with E-state index < -0.39 is 0 Å². The van der Waals surface area contributed by atoms with Crippen LogP contribution in [0, 0.1) is 13.0 Å². The lowest BCUT2D eigenvalue weighted by Crippen LogP contribution is -1.93. The van der Waals surface area contributed by atoms with E-state index in [0.29, 0.717) is 6.42 Å². The number of carbonyl (C=O) groups is 1. The third kappa shape index (κ3) is 2.87. The van der Waals surface area contributed by atoms with Crippen LogP contribution in [0.25, 0.3) is 0 Å². The standard InChI is InChI=1S/C11H13O/c1-9-4-3-5-11(8-9)7-6-10(2)12/h3,5,8H,6-7H2,1-2H3. The highest BCUT2D eigenvalue weighted by molar-refractivity contribution is 5.75. The highest BCUT2D eigenvalue weighted by atomic mass is 16.1. The van der Waals surface area contributed by atoms with Crippen molar-refractivity contribution in [2.75, 3.05) is 0 Å². The Balaban J connectivity index is 2.57. The normalized spacial score (nSPS) is 9.83. The maximum atomic E-state index is 10.7. The first-order valence-electron chi connectivity index (χ1n) is 4.15. The Morgan fingerprint density at radius 3 is 2.92 bits per heavy atom. The van der Waals surface area contributed by atoms with E-state index in [1.165, 1.54) is 5.56 Å². The molecule has 0 unspecified atom stereocenters. The van der Waals surface area contributed by atoms with Crippen LogP contribution in [-0.2, 0) is 11.2 Å². The summed E-state index contributed by atoms with van der Waals surface area (Å²) in [5, 5.41) is 0. The van der Waals surface area contributed by atoms with Gasteiger partial charge in [-0.1, -0.05) is 18.2 Å². The van der Waals surface area contributed by atoms with Crippen LogP contribution in [0.3, 0.4) is 0 Å². The summed E-state index contributed by atoms with van der Waals surface area (Å²) in [7, 11) is 0. The summed E-state index contributed by atoms with van der Waals surface area (Å²) in [4.78, 5) is 10.7. The summed E-state index contributed by atoms with van der Waals surface area (Å²) >= 11 is 0. The Labute approximate surface area is 73.4 Å². The lowest BCUT2D eigenvalue weighted by atomic mass is 10.1. The largest absolute Gasteiger partial charge is 0.300 e. The van der Waals surface area contributed by atoms with Crippen molar-refractivity contribution in [1.29, 1.82) is 0 Å². The van der Waals surface area contributed by atoms with Crippen molar-refractivity contribution in [1.82, 2.24) is 0 Å². The van der Waals surface area contributed by atoms with Crippen LogP contribution in [0.15, 0.2) is 18.2 Å². The summed E-state index contributed by atoms with van der Waals surface area (Å²) < 4.78 is 0. The molecule has 0 saturated carbocycles. The van der Waals surface area contributed by atoms with Crippen LogP contribution in [0.2, 0.25) is 0 Å². The Bertz CT molecular complexity index is 276. The number of rotatable bonds is 3. The number of carbonyl (C=O) groups excluding carboxylic acids is 1. The number of ketones is 1. The van der Waals surface area contributed by atoms with Crippen molar-refractivity contribution in [3.05, 3.63) is 35.4 Å². The molecule has 0 saturated heterocycles. The Morgan fingerprint density at radius 2 is 2.33 bits per heavy atom. The van der Waals surface area contributed by atoms with Crippen LogP contribution in [-0.4, -0.2) is 5.78 Å². The van der Waals surface area contributed by atoms with E-state index in [4.69, 9.17) is 0 Å². The number of aryl methyl sites for hydroxylation is 2. The first-order chi connectivity index (χ1) is 5.68. The van der Waals surface area contributed by atoms with Crippen LogP contribution < -0.4 is 0 Å². The Hall–Kier alpha value is -1.11. The summed E-state index contributed by atoms with van der Waals surface area (Å²) in [6.45, 7) is 3.64. The van der Waals surface area contributed by atoms with Crippen molar-refractivity contribution >= 4 is 5.78 Å². The van der Waals surface area contributed by atoms with Gasteiger partial charge in [0, 0.05) is 6.42 Å². The fraction of sp³-hybridized carbons (Fsp3) is 0.364. The first-order valence-corrected chi connectivity index (χ1v) is 4.15. The van der Waals surface area contributed by atoms with Crippen LogP contribution >= 0.6 is 0 Å². The smallest absolute Gasteiger partial charge is 0.130 e. The van der Waals surface area contributed by atoms with Crippen molar-refractivity contribution in [2.24, 2.45) is 0 Å².